The third-order valence-corrected chi connectivity index (χ3v) is 2.38. The summed E-state index contributed by atoms with van der Waals surface area (Å²) in [5.41, 5.74) is 0. The second kappa shape index (κ2) is 6.45. The molecule has 17 heavy (non-hydrogen) atoms. The van der Waals surface area contributed by atoms with Gasteiger partial charge in [0.2, 0.25) is 0 Å². The van der Waals surface area contributed by atoms with Gasteiger partial charge in [-0.1, -0.05) is 18.5 Å². The van der Waals surface area contributed by atoms with Crippen LogP contribution in [0.15, 0.2) is 18.2 Å². The molecule has 0 bridgehead atoms. The van der Waals surface area contributed by atoms with Crippen molar-refractivity contribution in [3.8, 4) is 5.75 Å². The Bertz CT molecular complexity index is 395. The molecule has 5 heteroatoms. The zero-order valence-corrected chi connectivity index (χ0v) is 10.5. The van der Waals surface area contributed by atoms with Crippen LogP contribution >= 0.6 is 11.6 Å². The number of halogens is 2. The summed E-state index contributed by atoms with van der Waals surface area (Å²) in [4.78, 5) is 11.5. The fraction of sp³-hybridized carbons (Fsp3) is 0.417. The Morgan fingerprint density at radius 2 is 2.18 bits per heavy atom. The Labute approximate surface area is 104 Å². The molecule has 0 saturated carbocycles. The molecule has 0 radical (unpaired) electrons. The molecule has 94 valence electrons. The number of hydrogen-bond acceptors (Lipinski definition) is 3. The highest BCUT2D eigenvalue weighted by Crippen LogP contribution is 2.22. The van der Waals surface area contributed by atoms with E-state index in [2.05, 4.69) is 0 Å². The van der Waals surface area contributed by atoms with Gasteiger partial charge < -0.3 is 9.47 Å². The van der Waals surface area contributed by atoms with E-state index in [1.165, 1.54) is 18.2 Å². The maximum atomic E-state index is 12.9. The smallest absolute Gasteiger partial charge is 0.347 e. The second-order valence-corrected chi connectivity index (χ2v) is 3.75. The normalized spacial score (nSPS) is 12.0. The van der Waals surface area contributed by atoms with E-state index in [0.29, 0.717) is 18.8 Å². The van der Waals surface area contributed by atoms with Crippen molar-refractivity contribution >= 4 is 17.6 Å². The van der Waals surface area contributed by atoms with Gasteiger partial charge in [0.05, 0.1) is 11.6 Å². The van der Waals surface area contributed by atoms with E-state index in [-0.39, 0.29) is 5.02 Å². The molecule has 0 heterocycles. The molecule has 0 amide bonds. The summed E-state index contributed by atoms with van der Waals surface area (Å²) in [7, 11) is 0. The summed E-state index contributed by atoms with van der Waals surface area (Å²) >= 11 is 5.61. The summed E-state index contributed by atoms with van der Waals surface area (Å²) < 4.78 is 23.2. The van der Waals surface area contributed by atoms with E-state index < -0.39 is 17.9 Å². The highest BCUT2D eigenvalue weighted by atomic mass is 35.5. The first-order valence-electron chi connectivity index (χ1n) is 5.36. The fourth-order valence-corrected chi connectivity index (χ4v) is 1.42. The van der Waals surface area contributed by atoms with Crippen molar-refractivity contribution in [3.63, 3.8) is 0 Å². The van der Waals surface area contributed by atoms with E-state index in [1.54, 1.807) is 13.8 Å². The lowest BCUT2D eigenvalue weighted by molar-refractivity contribution is -0.151. The van der Waals surface area contributed by atoms with Crippen LogP contribution in [0.3, 0.4) is 0 Å². The zero-order chi connectivity index (χ0) is 12.8. The standard InChI is InChI=1S/C12H14ClFO3/c1-3-11(12(15)16-4-2)17-8-5-6-10(14)9(13)7-8/h5-7,11H,3-4H2,1-2H3. The van der Waals surface area contributed by atoms with Gasteiger partial charge in [-0.05, 0) is 25.5 Å². The Hall–Kier alpha value is -1.29. The number of carbonyl (C=O) groups is 1. The molecule has 1 atom stereocenters. The molecular weight excluding hydrogens is 247 g/mol. The topological polar surface area (TPSA) is 35.5 Å². The second-order valence-electron chi connectivity index (χ2n) is 3.34. The molecular formula is C12H14ClFO3. The van der Waals surface area contributed by atoms with Crippen molar-refractivity contribution in [2.75, 3.05) is 6.61 Å². The van der Waals surface area contributed by atoms with Gasteiger partial charge in [-0.25, -0.2) is 9.18 Å². The summed E-state index contributed by atoms with van der Waals surface area (Å²) in [5.74, 6) is -0.616. The summed E-state index contributed by atoms with van der Waals surface area (Å²) in [5, 5.41) is -0.0405. The highest BCUT2D eigenvalue weighted by molar-refractivity contribution is 6.30. The molecule has 1 aromatic carbocycles. The largest absolute Gasteiger partial charge is 0.479 e. The predicted octanol–water partition coefficient (Wildman–Crippen LogP) is 3.20. The van der Waals surface area contributed by atoms with E-state index in [4.69, 9.17) is 21.1 Å². The summed E-state index contributed by atoms with van der Waals surface area (Å²) in [6.07, 6.45) is -0.232. The molecule has 0 aliphatic heterocycles. The van der Waals surface area contributed by atoms with E-state index >= 15 is 0 Å². The predicted molar refractivity (Wildman–Crippen MR) is 62.8 cm³/mol. The number of benzene rings is 1. The lowest BCUT2D eigenvalue weighted by Crippen LogP contribution is -2.28. The first kappa shape index (κ1) is 13.8. The van der Waals surface area contributed by atoms with Crippen LogP contribution in [0.4, 0.5) is 4.39 Å². The van der Waals surface area contributed by atoms with Crippen molar-refractivity contribution in [2.45, 2.75) is 26.4 Å². The zero-order valence-electron chi connectivity index (χ0n) is 9.70. The highest BCUT2D eigenvalue weighted by Gasteiger charge is 2.19. The van der Waals surface area contributed by atoms with Gasteiger partial charge in [0.25, 0.3) is 0 Å². The van der Waals surface area contributed by atoms with Crippen molar-refractivity contribution in [1.82, 2.24) is 0 Å². The van der Waals surface area contributed by atoms with Gasteiger partial charge in [0.15, 0.2) is 6.10 Å². The molecule has 0 fully saturated rings. The Morgan fingerprint density at radius 1 is 1.47 bits per heavy atom. The Kier molecular flexibility index (Phi) is 5.22. The number of hydrogen-bond donors (Lipinski definition) is 0. The van der Waals surface area contributed by atoms with Gasteiger partial charge in [-0.3, -0.25) is 0 Å². The Morgan fingerprint density at radius 3 is 2.71 bits per heavy atom. The third kappa shape index (κ3) is 3.89. The van der Waals surface area contributed by atoms with Crippen LogP contribution < -0.4 is 4.74 Å². The molecule has 1 rings (SSSR count). The maximum Gasteiger partial charge on any atom is 0.347 e. The fourth-order valence-electron chi connectivity index (χ4n) is 1.25. The van der Waals surface area contributed by atoms with Crippen LogP contribution in [0.2, 0.25) is 5.02 Å². The molecule has 0 N–H and O–H groups in total. The average molecular weight is 261 g/mol. The molecule has 0 aromatic heterocycles. The third-order valence-electron chi connectivity index (χ3n) is 2.09. The lowest BCUT2D eigenvalue weighted by Gasteiger charge is -2.16. The molecule has 0 saturated heterocycles. The SMILES string of the molecule is CCOC(=O)C(CC)Oc1ccc(F)c(Cl)c1. The van der Waals surface area contributed by atoms with E-state index in [9.17, 15) is 9.18 Å². The van der Waals surface area contributed by atoms with Gasteiger partial charge in [-0.15, -0.1) is 0 Å². The van der Waals surface area contributed by atoms with Crippen LogP contribution in [-0.2, 0) is 9.53 Å². The molecule has 1 unspecified atom stereocenters. The van der Waals surface area contributed by atoms with Crippen molar-refractivity contribution in [2.24, 2.45) is 0 Å². The maximum absolute atomic E-state index is 12.9. The Balaban J connectivity index is 2.73. The van der Waals surface area contributed by atoms with Crippen LogP contribution in [0, 0.1) is 5.82 Å². The molecule has 0 aliphatic carbocycles. The van der Waals surface area contributed by atoms with Gasteiger partial charge in [-0.2, -0.15) is 0 Å². The molecule has 1 aromatic rings. The lowest BCUT2D eigenvalue weighted by atomic mass is 10.2. The number of esters is 1. The number of ether oxygens (including phenoxy) is 2. The number of rotatable bonds is 5. The van der Waals surface area contributed by atoms with Gasteiger partial charge in [0, 0.05) is 6.07 Å². The van der Waals surface area contributed by atoms with Gasteiger partial charge in [0.1, 0.15) is 11.6 Å². The molecule has 0 spiro atoms. The minimum atomic E-state index is -0.698. The van der Waals surface area contributed by atoms with Gasteiger partial charge >= 0.3 is 5.97 Å². The van der Waals surface area contributed by atoms with Crippen LogP contribution in [0.25, 0.3) is 0 Å². The minimum absolute atomic E-state index is 0.0405. The van der Waals surface area contributed by atoms with Crippen LogP contribution in [-0.4, -0.2) is 18.7 Å². The monoisotopic (exact) mass is 260 g/mol. The van der Waals surface area contributed by atoms with Crippen LogP contribution in [0.5, 0.6) is 5.75 Å². The van der Waals surface area contributed by atoms with E-state index in [1.807, 2.05) is 0 Å². The number of carbonyl (C=O) groups excluding carboxylic acids is 1. The molecule has 3 nitrogen and oxygen atoms in total. The van der Waals surface area contributed by atoms with Crippen molar-refractivity contribution in [3.05, 3.63) is 29.0 Å². The van der Waals surface area contributed by atoms with Crippen LogP contribution in [0.1, 0.15) is 20.3 Å². The summed E-state index contributed by atoms with van der Waals surface area (Å²) in [6, 6.07) is 3.94. The van der Waals surface area contributed by atoms with Crippen molar-refractivity contribution < 1.29 is 18.7 Å². The quantitative estimate of drug-likeness (QED) is 0.763. The molecule has 0 aliphatic rings. The summed E-state index contributed by atoms with van der Waals surface area (Å²) in [6.45, 7) is 3.81. The average Bonchev–Trinajstić information content (AvgIpc) is 2.30. The minimum Gasteiger partial charge on any atom is -0.479 e. The van der Waals surface area contributed by atoms with Crippen molar-refractivity contribution in [1.29, 1.82) is 0 Å². The first-order chi connectivity index (χ1) is 8.08. The first-order valence-corrected chi connectivity index (χ1v) is 5.74. The van der Waals surface area contributed by atoms with E-state index in [0.717, 1.165) is 0 Å².